The van der Waals surface area contributed by atoms with Crippen LogP contribution in [-0.4, -0.2) is 17.0 Å². The standard InChI is InChI=1S/2C15H8N2O4/c16-9-19-12-3-1-11(2-4-12)15(18)21-14-7-5-13(6-8-14)20-10-17;16-8-20-11-3-1-10(2-4-11)14-7-12(21-9-17)5-6-13(14)15(18)19/h1-8H;1-7H,(H,18,19). The number of carboxylic acids is 1. The summed E-state index contributed by atoms with van der Waals surface area (Å²) in [6.45, 7) is 0. The van der Waals surface area contributed by atoms with E-state index in [2.05, 4.69) is 14.2 Å². The molecule has 1 N–H and O–H groups in total. The van der Waals surface area contributed by atoms with Gasteiger partial charge in [0.25, 0.3) is 25.0 Å². The van der Waals surface area contributed by atoms with Gasteiger partial charge in [-0.2, -0.15) is 0 Å². The molecular formula is C30H16N4O8. The highest BCUT2D eigenvalue weighted by atomic mass is 16.5. The topological polar surface area (TPSA) is 196 Å². The first kappa shape index (κ1) is 29.5. The van der Waals surface area contributed by atoms with Crippen LogP contribution < -0.4 is 23.7 Å². The van der Waals surface area contributed by atoms with E-state index in [0.29, 0.717) is 39.7 Å². The Morgan fingerprint density at radius 1 is 0.548 bits per heavy atom. The summed E-state index contributed by atoms with van der Waals surface area (Å²) in [5.74, 6) is -0.0271. The molecule has 0 unspecified atom stereocenters. The Labute approximate surface area is 238 Å². The van der Waals surface area contributed by atoms with Crippen molar-refractivity contribution in [1.29, 1.82) is 21.0 Å². The maximum atomic E-state index is 11.9. The number of hydrogen-bond acceptors (Lipinski definition) is 11. The van der Waals surface area contributed by atoms with Crippen molar-refractivity contribution in [2.75, 3.05) is 0 Å². The summed E-state index contributed by atoms with van der Waals surface area (Å²) in [6.07, 6.45) is 6.16. The van der Waals surface area contributed by atoms with Gasteiger partial charge in [-0.1, -0.05) is 12.1 Å². The molecule has 0 aliphatic rings. The monoisotopic (exact) mass is 560 g/mol. The van der Waals surface area contributed by atoms with Crippen LogP contribution in [0.4, 0.5) is 0 Å². The van der Waals surface area contributed by atoms with Gasteiger partial charge in [-0.3, -0.25) is 0 Å². The van der Waals surface area contributed by atoms with Crippen LogP contribution >= 0.6 is 0 Å². The lowest BCUT2D eigenvalue weighted by atomic mass is 9.99. The molecule has 0 saturated carbocycles. The van der Waals surface area contributed by atoms with Crippen molar-refractivity contribution in [1.82, 2.24) is 0 Å². The maximum Gasteiger partial charge on any atom is 0.343 e. The molecule has 0 bridgehead atoms. The van der Waals surface area contributed by atoms with Crippen molar-refractivity contribution in [2.24, 2.45) is 0 Å². The summed E-state index contributed by atoms with van der Waals surface area (Å²) >= 11 is 0. The van der Waals surface area contributed by atoms with Crippen molar-refractivity contribution in [3.05, 3.63) is 102 Å². The van der Waals surface area contributed by atoms with Gasteiger partial charge in [0.2, 0.25) is 0 Å². The number of carbonyl (C=O) groups excluding carboxylic acids is 1. The zero-order chi connectivity index (χ0) is 30.3. The molecule has 0 atom stereocenters. The molecular weight excluding hydrogens is 544 g/mol. The molecule has 4 aromatic rings. The van der Waals surface area contributed by atoms with Crippen LogP contribution in [0.3, 0.4) is 0 Å². The summed E-state index contributed by atoms with van der Waals surface area (Å²) in [4.78, 5) is 23.1. The molecule has 12 heteroatoms. The first-order chi connectivity index (χ1) is 20.4. The van der Waals surface area contributed by atoms with Crippen molar-refractivity contribution in [3.63, 3.8) is 0 Å². The first-order valence-electron chi connectivity index (χ1n) is 11.5. The largest absolute Gasteiger partial charge is 0.478 e. The van der Waals surface area contributed by atoms with Gasteiger partial charge in [0.15, 0.2) is 0 Å². The van der Waals surface area contributed by atoms with E-state index in [1.165, 1.54) is 79.2 Å². The molecule has 4 aromatic carbocycles. The minimum Gasteiger partial charge on any atom is -0.478 e. The normalized spacial score (nSPS) is 9.14. The molecule has 0 spiro atoms. The summed E-state index contributed by atoms with van der Waals surface area (Å²) < 4.78 is 23.7. The van der Waals surface area contributed by atoms with E-state index < -0.39 is 11.9 Å². The molecule has 0 amide bonds. The number of nitriles is 4. The van der Waals surface area contributed by atoms with Crippen LogP contribution in [0.2, 0.25) is 0 Å². The number of carboxylic acid groups (broad SMARTS) is 1. The van der Waals surface area contributed by atoms with Gasteiger partial charge in [0.05, 0.1) is 11.1 Å². The fourth-order valence-corrected chi connectivity index (χ4v) is 3.33. The number of ether oxygens (including phenoxy) is 5. The van der Waals surface area contributed by atoms with E-state index in [9.17, 15) is 14.7 Å². The molecule has 204 valence electrons. The van der Waals surface area contributed by atoms with Crippen LogP contribution in [-0.2, 0) is 0 Å². The van der Waals surface area contributed by atoms with E-state index in [1.807, 2.05) is 0 Å². The highest BCUT2D eigenvalue weighted by molar-refractivity contribution is 5.96. The van der Waals surface area contributed by atoms with E-state index in [-0.39, 0.29) is 11.3 Å². The van der Waals surface area contributed by atoms with Crippen molar-refractivity contribution < 1.29 is 38.4 Å². The van der Waals surface area contributed by atoms with E-state index in [1.54, 1.807) is 36.8 Å². The number of aromatic carboxylic acids is 1. The quantitative estimate of drug-likeness (QED) is 0.164. The Morgan fingerprint density at radius 3 is 1.43 bits per heavy atom. The second kappa shape index (κ2) is 14.8. The molecule has 0 aromatic heterocycles. The molecule has 4 rings (SSSR count). The average Bonchev–Trinajstić information content (AvgIpc) is 3.00. The van der Waals surface area contributed by atoms with Crippen LogP contribution in [0.15, 0.2) is 91.0 Å². The highest BCUT2D eigenvalue weighted by Gasteiger charge is 2.14. The predicted octanol–water partition coefficient (Wildman–Crippen LogP) is 5.40. The van der Waals surface area contributed by atoms with Crippen molar-refractivity contribution in [3.8, 4) is 64.9 Å². The molecule has 12 nitrogen and oxygen atoms in total. The molecule has 0 saturated heterocycles. The third-order valence-electron chi connectivity index (χ3n) is 5.17. The Morgan fingerprint density at radius 2 is 0.952 bits per heavy atom. The maximum absolute atomic E-state index is 11.9. The summed E-state index contributed by atoms with van der Waals surface area (Å²) in [6, 6.07) is 22.6. The predicted molar refractivity (Wildman–Crippen MR) is 142 cm³/mol. The van der Waals surface area contributed by atoms with Gasteiger partial charge in [-0.25, -0.2) is 9.59 Å². The van der Waals surface area contributed by atoms with Crippen LogP contribution in [0.1, 0.15) is 20.7 Å². The third kappa shape index (κ3) is 8.24. The molecule has 0 aliphatic carbocycles. The minimum atomic E-state index is -1.09. The smallest absolute Gasteiger partial charge is 0.343 e. The van der Waals surface area contributed by atoms with Gasteiger partial charge >= 0.3 is 11.9 Å². The molecule has 0 fully saturated rings. The Balaban J connectivity index is 0.000000230. The number of esters is 1. The van der Waals surface area contributed by atoms with Crippen LogP contribution in [0, 0.1) is 46.1 Å². The fourth-order valence-electron chi connectivity index (χ4n) is 3.33. The second-order valence-corrected chi connectivity index (χ2v) is 7.70. The van der Waals surface area contributed by atoms with Crippen molar-refractivity contribution in [2.45, 2.75) is 0 Å². The van der Waals surface area contributed by atoms with Crippen molar-refractivity contribution >= 4 is 11.9 Å². The van der Waals surface area contributed by atoms with Gasteiger partial charge < -0.3 is 28.8 Å². The lowest BCUT2D eigenvalue weighted by molar-refractivity contribution is 0.0695. The lowest BCUT2D eigenvalue weighted by Crippen LogP contribution is -2.08. The van der Waals surface area contributed by atoms with Gasteiger partial charge in [0, 0.05) is 0 Å². The van der Waals surface area contributed by atoms with E-state index in [4.69, 9.17) is 30.5 Å². The number of benzene rings is 4. The zero-order valence-corrected chi connectivity index (χ0v) is 21.3. The third-order valence-corrected chi connectivity index (χ3v) is 5.17. The summed E-state index contributed by atoms with van der Waals surface area (Å²) in [7, 11) is 0. The van der Waals surface area contributed by atoms with Crippen LogP contribution in [0.5, 0.6) is 28.7 Å². The molecule has 0 radical (unpaired) electrons. The Hall–Kier alpha value is -7.02. The molecule has 0 heterocycles. The van der Waals surface area contributed by atoms with Gasteiger partial charge in [-0.05, 0) is 90.0 Å². The fraction of sp³-hybridized carbons (Fsp3) is 0. The van der Waals surface area contributed by atoms with Gasteiger partial charge in [-0.15, -0.1) is 21.0 Å². The SMILES string of the molecule is N#COc1ccc(-c2cc(OC#N)ccc2C(=O)O)cc1.N#COc1ccc(OC(=O)c2ccc(OC#N)cc2)cc1. The summed E-state index contributed by atoms with van der Waals surface area (Å²) in [5, 5.41) is 42.9. The lowest BCUT2D eigenvalue weighted by Gasteiger charge is -2.08. The highest BCUT2D eigenvalue weighted by Crippen LogP contribution is 2.29. The number of carbonyl (C=O) groups is 2. The summed E-state index contributed by atoms with van der Waals surface area (Å²) in [5.41, 5.74) is 1.40. The number of rotatable bonds is 8. The average molecular weight is 560 g/mol. The number of nitrogens with zero attached hydrogens (tertiary/aromatic N) is 4. The minimum absolute atomic E-state index is 0.0780. The molecule has 0 aliphatic heterocycles. The van der Waals surface area contributed by atoms with E-state index >= 15 is 0 Å². The first-order valence-corrected chi connectivity index (χ1v) is 11.5. The number of hydrogen-bond donors (Lipinski definition) is 1. The Kier molecular flexibility index (Phi) is 10.4. The van der Waals surface area contributed by atoms with E-state index in [0.717, 1.165) is 0 Å². The van der Waals surface area contributed by atoms with Crippen LogP contribution in [0.25, 0.3) is 11.1 Å². The molecule has 42 heavy (non-hydrogen) atoms. The second-order valence-electron chi connectivity index (χ2n) is 7.70. The van der Waals surface area contributed by atoms with Gasteiger partial charge in [0.1, 0.15) is 28.7 Å². The zero-order valence-electron chi connectivity index (χ0n) is 21.3. The Bertz CT molecular complexity index is 1730.